The molecule has 2 heterocycles. The Labute approximate surface area is 180 Å². The number of carbonyl (C=O) groups excluding carboxylic acids is 4. The van der Waals surface area contributed by atoms with Crippen molar-refractivity contribution >= 4 is 41.1 Å². The Hall–Kier alpha value is -3.74. The lowest BCUT2D eigenvalue weighted by Gasteiger charge is -2.15. The maximum atomic E-state index is 12.2. The predicted octanol–water partition coefficient (Wildman–Crippen LogP) is 3.11. The van der Waals surface area contributed by atoms with Crippen molar-refractivity contribution in [3.8, 4) is 0 Å². The summed E-state index contributed by atoms with van der Waals surface area (Å²) in [7, 11) is 0. The van der Waals surface area contributed by atoms with Gasteiger partial charge in [-0.1, -0.05) is 24.3 Å². The smallest absolute Gasteiger partial charge is 0.248 e. The molecule has 7 heteroatoms. The van der Waals surface area contributed by atoms with Gasteiger partial charge in [0.15, 0.2) is 0 Å². The molecule has 0 radical (unpaired) electrons. The number of amides is 4. The van der Waals surface area contributed by atoms with Crippen molar-refractivity contribution in [1.29, 1.82) is 0 Å². The summed E-state index contributed by atoms with van der Waals surface area (Å²) in [6, 6.07) is 14.6. The van der Waals surface area contributed by atoms with E-state index in [-0.39, 0.29) is 43.0 Å². The summed E-state index contributed by atoms with van der Waals surface area (Å²) < 4.78 is 0. The molecule has 7 nitrogen and oxygen atoms in total. The van der Waals surface area contributed by atoms with Crippen LogP contribution in [-0.2, 0) is 25.7 Å². The van der Waals surface area contributed by atoms with Gasteiger partial charge < -0.3 is 10.2 Å². The van der Waals surface area contributed by atoms with Gasteiger partial charge in [0.25, 0.3) is 0 Å². The van der Waals surface area contributed by atoms with E-state index in [4.69, 9.17) is 0 Å². The first kappa shape index (κ1) is 20.5. The molecule has 0 unspecified atom stereocenters. The Morgan fingerprint density at radius 3 is 2.16 bits per heavy atom. The zero-order valence-electron chi connectivity index (χ0n) is 17.0. The van der Waals surface area contributed by atoms with Crippen molar-refractivity contribution in [2.75, 3.05) is 16.8 Å². The molecule has 1 N–H and O–H groups in total. The van der Waals surface area contributed by atoms with Crippen LogP contribution in [0.25, 0.3) is 6.08 Å². The minimum Gasteiger partial charge on any atom is -0.323 e. The third-order valence-corrected chi connectivity index (χ3v) is 5.42. The maximum Gasteiger partial charge on any atom is 0.248 e. The number of benzene rings is 2. The van der Waals surface area contributed by atoms with Crippen molar-refractivity contribution in [2.45, 2.75) is 32.2 Å². The van der Waals surface area contributed by atoms with E-state index in [9.17, 15) is 19.2 Å². The normalized spacial score (nSPS) is 16.6. The highest BCUT2D eigenvalue weighted by molar-refractivity contribution is 6.02. The molecule has 31 heavy (non-hydrogen) atoms. The number of nitrogens with zero attached hydrogens (tertiary/aromatic N) is 2. The second-order valence-electron chi connectivity index (χ2n) is 7.63. The molecule has 158 valence electrons. The van der Waals surface area contributed by atoms with Crippen molar-refractivity contribution in [2.24, 2.45) is 0 Å². The van der Waals surface area contributed by atoms with E-state index in [0.29, 0.717) is 12.1 Å². The summed E-state index contributed by atoms with van der Waals surface area (Å²) in [5.74, 6) is -0.413. The third-order valence-electron chi connectivity index (χ3n) is 5.42. The van der Waals surface area contributed by atoms with Crippen LogP contribution in [-0.4, -0.2) is 35.1 Å². The average Bonchev–Trinajstić information content (AvgIpc) is 3.34. The monoisotopic (exact) mass is 417 g/mol. The third kappa shape index (κ3) is 4.88. The van der Waals surface area contributed by atoms with Gasteiger partial charge >= 0.3 is 0 Å². The van der Waals surface area contributed by atoms with Crippen molar-refractivity contribution in [3.05, 3.63) is 65.7 Å². The van der Waals surface area contributed by atoms with Crippen LogP contribution in [0.15, 0.2) is 54.6 Å². The quantitative estimate of drug-likeness (QED) is 0.578. The first-order chi connectivity index (χ1) is 15.0. The Morgan fingerprint density at radius 2 is 1.55 bits per heavy atom. The fourth-order valence-electron chi connectivity index (χ4n) is 3.72. The van der Waals surface area contributed by atoms with Crippen LogP contribution in [0.2, 0.25) is 0 Å². The number of likely N-dealkylation sites (tertiary alicyclic amines) is 1. The highest BCUT2D eigenvalue weighted by atomic mass is 16.2. The van der Waals surface area contributed by atoms with Crippen LogP contribution in [0.3, 0.4) is 0 Å². The van der Waals surface area contributed by atoms with Crippen LogP contribution in [0.5, 0.6) is 0 Å². The molecule has 0 atom stereocenters. The first-order valence-electron chi connectivity index (χ1n) is 10.3. The van der Waals surface area contributed by atoms with Gasteiger partial charge in [-0.25, -0.2) is 0 Å². The topological polar surface area (TPSA) is 86.8 Å². The van der Waals surface area contributed by atoms with E-state index in [0.717, 1.165) is 29.8 Å². The van der Waals surface area contributed by atoms with E-state index < -0.39 is 0 Å². The lowest BCUT2D eigenvalue weighted by Crippen LogP contribution is -2.28. The Morgan fingerprint density at radius 1 is 0.871 bits per heavy atom. The standard InChI is InChI=1S/C24H23N3O4/c28-21(12-7-17-5-10-20(11-6-17)26-15-1-2-22(26)29)25-19-8-3-18(4-9-19)16-27-23(30)13-14-24(27)31/h3-12H,1-2,13-16H2,(H,25,28). The molecule has 0 aromatic heterocycles. The van der Waals surface area contributed by atoms with Crippen LogP contribution < -0.4 is 10.2 Å². The molecule has 2 aliphatic heterocycles. The number of nitrogens with one attached hydrogen (secondary N) is 1. The predicted molar refractivity (Wildman–Crippen MR) is 117 cm³/mol. The summed E-state index contributed by atoms with van der Waals surface area (Å²) in [5.41, 5.74) is 3.19. The number of anilines is 2. The highest BCUT2D eigenvalue weighted by Gasteiger charge is 2.28. The zero-order valence-corrected chi connectivity index (χ0v) is 17.0. The second kappa shape index (κ2) is 8.95. The minimum absolute atomic E-state index is 0.146. The molecule has 2 saturated heterocycles. The van der Waals surface area contributed by atoms with E-state index in [1.807, 2.05) is 24.3 Å². The summed E-state index contributed by atoms with van der Waals surface area (Å²) in [4.78, 5) is 50.5. The van der Waals surface area contributed by atoms with E-state index >= 15 is 0 Å². The van der Waals surface area contributed by atoms with Gasteiger partial charge in [0.05, 0.1) is 6.54 Å². The SMILES string of the molecule is O=C(C=Cc1ccc(N2CCCC2=O)cc1)Nc1ccc(CN2C(=O)CCC2=O)cc1. The summed E-state index contributed by atoms with van der Waals surface area (Å²) in [6.07, 6.45) is 5.19. The van der Waals surface area contributed by atoms with Gasteiger partial charge in [-0.15, -0.1) is 0 Å². The van der Waals surface area contributed by atoms with Crippen molar-refractivity contribution < 1.29 is 19.2 Å². The molecule has 4 amide bonds. The molecular weight excluding hydrogens is 394 g/mol. The summed E-state index contributed by atoms with van der Waals surface area (Å²) in [5, 5.41) is 2.79. The second-order valence-corrected chi connectivity index (χ2v) is 7.63. The first-order valence-corrected chi connectivity index (χ1v) is 10.3. The molecule has 0 spiro atoms. The van der Waals surface area contributed by atoms with Crippen LogP contribution in [0, 0.1) is 0 Å². The molecule has 2 aromatic rings. The number of rotatable bonds is 6. The van der Waals surface area contributed by atoms with Gasteiger partial charge in [0.2, 0.25) is 23.6 Å². The number of imide groups is 1. The largest absolute Gasteiger partial charge is 0.323 e. The average molecular weight is 417 g/mol. The molecule has 0 aliphatic carbocycles. The molecule has 2 aliphatic rings. The van der Waals surface area contributed by atoms with Gasteiger partial charge in [-0.2, -0.15) is 0 Å². The van der Waals surface area contributed by atoms with Gasteiger partial charge in [-0.05, 0) is 47.9 Å². The lowest BCUT2D eigenvalue weighted by molar-refractivity contribution is -0.139. The van der Waals surface area contributed by atoms with Crippen molar-refractivity contribution in [1.82, 2.24) is 4.90 Å². The highest BCUT2D eigenvalue weighted by Crippen LogP contribution is 2.22. The number of hydrogen-bond acceptors (Lipinski definition) is 4. The van der Waals surface area contributed by atoms with Crippen molar-refractivity contribution in [3.63, 3.8) is 0 Å². The number of carbonyl (C=O) groups is 4. The minimum atomic E-state index is -0.267. The Kier molecular flexibility index (Phi) is 5.93. The lowest BCUT2D eigenvalue weighted by atomic mass is 10.1. The Bertz CT molecular complexity index is 1030. The number of hydrogen-bond donors (Lipinski definition) is 1. The van der Waals surface area contributed by atoms with Gasteiger partial charge in [0.1, 0.15) is 0 Å². The molecule has 2 fully saturated rings. The molecular formula is C24H23N3O4. The zero-order chi connectivity index (χ0) is 21.8. The summed E-state index contributed by atoms with van der Waals surface area (Å²) in [6.45, 7) is 1.00. The molecule has 0 bridgehead atoms. The Balaban J connectivity index is 1.31. The maximum absolute atomic E-state index is 12.2. The summed E-state index contributed by atoms with van der Waals surface area (Å²) >= 11 is 0. The fourth-order valence-corrected chi connectivity index (χ4v) is 3.72. The molecule has 2 aromatic carbocycles. The van der Waals surface area contributed by atoms with Crippen LogP contribution in [0.1, 0.15) is 36.8 Å². The van der Waals surface area contributed by atoms with E-state index in [2.05, 4.69) is 5.32 Å². The van der Waals surface area contributed by atoms with Crippen LogP contribution in [0.4, 0.5) is 11.4 Å². The van der Waals surface area contributed by atoms with Gasteiger partial charge in [0, 0.05) is 43.3 Å². The molecule has 4 rings (SSSR count). The van der Waals surface area contributed by atoms with E-state index in [1.165, 1.54) is 11.0 Å². The van der Waals surface area contributed by atoms with E-state index in [1.54, 1.807) is 35.2 Å². The fraction of sp³-hybridized carbons (Fsp3) is 0.250. The van der Waals surface area contributed by atoms with Crippen LogP contribution >= 0.6 is 0 Å². The molecule has 0 saturated carbocycles. The van der Waals surface area contributed by atoms with Gasteiger partial charge in [-0.3, -0.25) is 24.1 Å².